The number of anilines is 1. The lowest BCUT2D eigenvalue weighted by Crippen LogP contribution is -2.30. The molecule has 0 aliphatic rings. The van der Waals surface area contributed by atoms with Gasteiger partial charge in [-0.2, -0.15) is 0 Å². The van der Waals surface area contributed by atoms with E-state index in [4.69, 9.17) is 9.47 Å². The number of amides is 2. The van der Waals surface area contributed by atoms with Gasteiger partial charge >= 0.3 is 0 Å². The minimum Gasteiger partial charge on any atom is -0.493 e. The number of carbonyl (C=O) groups is 3. The Bertz CT molecular complexity index is 1840. The third-order valence-electron chi connectivity index (χ3n) is 7.06. The van der Waals surface area contributed by atoms with Crippen LogP contribution in [0.15, 0.2) is 138 Å². The van der Waals surface area contributed by atoms with E-state index in [2.05, 4.69) is 10.6 Å². The molecule has 2 amide bonds. The Labute approximate surface area is 272 Å². The van der Waals surface area contributed by atoms with Crippen LogP contribution in [-0.2, 0) is 4.79 Å². The highest BCUT2D eigenvalue weighted by atomic mass is 32.2. The number of benzene rings is 5. The summed E-state index contributed by atoms with van der Waals surface area (Å²) in [6.07, 6.45) is 1.54. The van der Waals surface area contributed by atoms with Gasteiger partial charge in [-0.25, -0.2) is 0 Å². The molecule has 0 saturated heterocycles. The van der Waals surface area contributed by atoms with E-state index in [0.29, 0.717) is 33.9 Å². The molecule has 7 nitrogen and oxygen atoms in total. The van der Waals surface area contributed by atoms with Crippen molar-refractivity contribution in [2.24, 2.45) is 0 Å². The predicted octanol–water partition coefficient (Wildman–Crippen LogP) is 7.76. The zero-order chi connectivity index (χ0) is 32.3. The quantitative estimate of drug-likeness (QED) is 0.0834. The van der Waals surface area contributed by atoms with Crippen molar-refractivity contribution in [3.63, 3.8) is 0 Å². The van der Waals surface area contributed by atoms with Crippen LogP contribution in [-0.4, -0.2) is 37.6 Å². The molecule has 0 radical (unpaired) electrons. The number of rotatable bonds is 12. The summed E-state index contributed by atoms with van der Waals surface area (Å²) in [5.41, 5.74) is 4.30. The molecule has 0 fully saturated rings. The monoisotopic (exact) mass is 628 g/mol. The highest BCUT2D eigenvalue weighted by molar-refractivity contribution is 8.00. The molecular formula is C38H32N2O5S. The van der Waals surface area contributed by atoms with Crippen LogP contribution in [0.5, 0.6) is 11.5 Å². The van der Waals surface area contributed by atoms with Crippen molar-refractivity contribution in [3.05, 3.63) is 150 Å². The van der Waals surface area contributed by atoms with Gasteiger partial charge in [-0.3, -0.25) is 14.4 Å². The first-order chi connectivity index (χ1) is 22.4. The summed E-state index contributed by atoms with van der Waals surface area (Å²) in [5.74, 6) is 0.253. The van der Waals surface area contributed by atoms with E-state index in [9.17, 15) is 14.4 Å². The first kappa shape index (κ1) is 31.8. The van der Waals surface area contributed by atoms with E-state index < -0.39 is 11.8 Å². The average Bonchev–Trinajstić information content (AvgIpc) is 3.11. The molecule has 0 aliphatic carbocycles. The van der Waals surface area contributed by atoms with Gasteiger partial charge in [0, 0.05) is 27.3 Å². The van der Waals surface area contributed by atoms with Gasteiger partial charge in [0.05, 0.1) is 20.0 Å². The van der Waals surface area contributed by atoms with Crippen molar-refractivity contribution in [2.45, 2.75) is 4.90 Å². The van der Waals surface area contributed by atoms with Crippen molar-refractivity contribution in [3.8, 4) is 22.6 Å². The number of ether oxygens (including phenoxy) is 2. The number of carbonyl (C=O) groups excluding carboxylic acids is 3. The highest BCUT2D eigenvalue weighted by Crippen LogP contribution is 2.32. The SMILES string of the molecule is COc1cccc(/C=C(\NC(=O)c2ccccc2)C(=O)Nc2ccc(SCC(=O)c3ccc(-c4ccccc4)cc3)cc2)c1OC. The maximum Gasteiger partial charge on any atom is 0.272 e. The van der Waals surface area contributed by atoms with Gasteiger partial charge in [-0.15, -0.1) is 11.8 Å². The second-order valence-corrected chi connectivity index (χ2v) is 11.1. The lowest BCUT2D eigenvalue weighted by atomic mass is 10.0. The molecule has 230 valence electrons. The molecule has 0 spiro atoms. The minimum absolute atomic E-state index is 0.0164. The Morgan fingerprint density at radius 2 is 1.33 bits per heavy atom. The van der Waals surface area contributed by atoms with E-state index in [1.54, 1.807) is 60.7 Å². The molecule has 0 heterocycles. The van der Waals surface area contributed by atoms with Crippen LogP contribution in [0.3, 0.4) is 0 Å². The number of Topliss-reactive ketones (excluding diaryl/α,β-unsaturated/α-hetero) is 1. The predicted molar refractivity (Wildman–Crippen MR) is 183 cm³/mol. The van der Waals surface area contributed by atoms with Gasteiger partial charge in [-0.1, -0.05) is 84.9 Å². The average molecular weight is 629 g/mol. The standard InChI is InChI=1S/C38H32N2O5S/c1-44-35-15-9-14-30(36(35)45-2)24-33(40-37(42)29-12-7-4-8-13-29)38(43)39-31-20-22-32(23-21-31)46-25-34(41)28-18-16-27(17-19-28)26-10-5-3-6-11-26/h3-24H,25H2,1-2H3,(H,39,43)(H,40,42)/b33-24-. The third kappa shape index (κ3) is 8.11. The zero-order valence-corrected chi connectivity index (χ0v) is 26.2. The van der Waals surface area contributed by atoms with Crippen molar-refractivity contribution >= 4 is 41.1 Å². The summed E-state index contributed by atoms with van der Waals surface area (Å²) in [6, 6.07) is 38.7. The smallest absolute Gasteiger partial charge is 0.272 e. The molecule has 5 rings (SSSR count). The second kappa shape index (κ2) is 15.4. The number of thioether (sulfide) groups is 1. The van der Waals surface area contributed by atoms with Crippen molar-refractivity contribution in [1.82, 2.24) is 5.32 Å². The molecule has 0 saturated carbocycles. The van der Waals surface area contributed by atoms with E-state index in [1.807, 2.05) is 72.8 Å². The Hall–Kier alpha value is -5.60. The summed E-state index contributed by atoms with van der Waals surface area (Å²) >= 11 is 1.42. The van der Waals surface area contributed by atoms with E-state index in [-0.39, 0.29) is 17.2 Å². The van der Waals surface area contributed by atoms with Crippen molar-refractivity contribution < 1.29 is 23.9 Å². The van der Waals surface area contributed by atoms with Crippen LogP contribution in [0.25, 0.3) is 17.2 Å². The number of methoxy groups -OCH3 is 2. The fraction of sp³-hybridized carbons (Fsp3) is 0.0789. The summed E-state index contributed by atoms with van der Waals surface area (Å²) < 4.78 is 10.9. The number of nitrogens with one attached hydrogen (secondary N) is 2. The molecule has 8 heteroatoms. The minimum atomic E-state index is -0.524. The van der Waals surface area contributed by atoms with E-state index in [1.165, 1.54) is 26.0 Å². The van der Waals surface area contributed by atoms with Gasteiger partial charge in [-0.05, 0) is 59.7 Å². The van der Waals surface area contributed by atoms with Crippen molar-refractivity contribution in [1.29, 1.82) is 0 Å². The topological polar surface area (TPSA) is 93.7 Å². The largest absolute Gasteiger partial charge is 0.493 e. The molecule has 0 aromatic heterocycles. The molecule has 2 N–H and O–H groups in total. The fourth-order valence-electron chi connectivity index (χ4n) is 4.67. The van der Waals surface area contributed by atoms with Crippen LogP contribution in [0.1, 0.15) is 26.3 Å². The molecule has 5 aromatic rings. The third-order valence-corrected chi connectivity index (χ3v) is 8.07. The van der Waals surface area contributed by atoms with Crippen LogP contribution >= 0.6 is 11.8 Å². The molecule has 46 heavy (non-hydrogen) atoms. The lowest BCUT2D eigenvalue weighted by Gasteiger charge is -2.14. The Balaban J connectivity index is 1.26. The van der Waals surface area contributed by atoms with Gasteiger partial charge in [0.2, 0.25) is 0 Å². The van der Waals surface area contributed by atoms with Crippen LogP contribution in [0, 0.1) is 0 Å². The van der Waals surface area contributed by atoms with Gasteiger partial charge in [0.1, 0.15) is 5.70 Å². The fourth-order valence-corrected chi connectivity index (χ4v) is 5.46. The van der Waals surface area contributed by atoms with Crippen LogP contribution in [0.2, 0.25) is 0 Å². The highest BCUT2D eigenvalue weighted by Gasteiger charge is 2.17. The Morgan fingerprint density at radius 3 is 1.98 bits per heavy atom. The first-order valence-corrected chi connectivity index (χ1v) is 15.5. The number of hydrogen-bond acceptors (Lipinski definition) is 6. The Morgan fingerprint density at radius 1 is 0.674 bits per heavy atom. The zero-order valence-electron chi connectivity index (χ0n) is 25.4. The van der Waals surface area contributed by atoms with E-state index >= 15 is 0 Å². The first-order valence-electron chi connectivity index (χ1n) is 14.5. The molecular weight excluding hydrogens is 596 g/mol. The molecule has 0 atom stereocenters. The van der Waals surface area contributed by atoms with Gasteiger partial charge in [0.25, 0.3) is 11.8 Å². The normalized spacial score (nSPS) is 11.0. The maximum absolute atomic E-state index is 13.5. The summed E-state index contributed by atoms with van der Waals surface area (Å²) in [6.45, 7) is 0. The Kier molecular flexibility index (Phi) is 10.7. The van der Waals surface area contributed by atoms with Gasteiger partial charge < -0.3 is 20.1 Å². The summed E-state index contributed by atoms with van der Waals surface area (Å²) in [5, 5.41) is 5.59. The number of para-hydroxylation sites is 1. The molecule has 0 aliphatic heterocycles. The van der Waals surface area contributed by atoms with E-state index in [0.717, 1.165) is 16.0 Å². The van der Waals surface area contributed by atoms with Crippen LogP contribution < -0.4 is 20.1 Å². The lowest BCUT2D eigenvalue weighted by molar-refractivity contribution is -0.113. The molecule has 0 bridgehead atoms. The molecule has 5 aromatic carbocycles. The number of ketones is 1. The summed E-state index contributed by atoms with van der Waals surface area (Å²) in [4.78, 5) is 40.2. The summed E-state index contributed by atoms with van der Waals surface area (Å²) in [7, 11) is 3.03. The number of hydrogen-bond donors (Lipinski definition) is 2. The van der Waals surface area contributed by atoms with Crippen LogP contribution in [0.4, 0.5) is 5.69 Å². The van der Waals surface area contributed by atoms with Crippen molar-refractivity contribution in [2.75, 3.05) is 25.3 Å². The maximum atomic E-state index is 13.5. The van der Waals surface area contributed by atoms with Gasteiger partial charge in [0.15, 0.2) is 17.3 Å². The molecule has 0 unspecified atom stereocenters. The second-order valence-electron chi connectivity index (χ2n) is 10.1.